The smallest absolute Gasteiger partial charge is 0.420 e. The molecule has 0 unspecified atom stereocenters. The molecule has 5 fully saturated rings. The van der Waals surface area contributed by atoms with Crippen LogP contribution in [-0.2, 0) is 14.8 Å². The fourth-order valence-electron chi connectivity index (χ4n) is 11.3. The van der Waals surface area contributed by atoms with E-state index in [1.54, 1.807) is 0 Å². The van der Waals surface area contributed by atoms with Crippen molar-refractivity contribution in [3.63, 3.8) is 0 Å². The van der Waals surface area contributed by atoms with Crippen LogP contribution in [0.15, 0.2) is 0 Å². The molecular weight excluding hydrogens is 538 g/mol. The normalized spacial score (nSPS) is 43.9. The number of aliphatic hydroxyl groups excluding tert-OH is 2. The Kier molecular flexibility index (Phi) is 9.44. The number of rotatable bonds is 8. The molecule has 236 valence electrons. The van der Waals surface area contributed by atoms with Gasteiger partial charge in [-0.2, -0.15) is 0 Å². The van der Waals surface area contributed by atoms with E-state index in [1.807, 2.05) is 0 Å². The summed E-state index contributed by atoms with van der Waals surface area (Å²) in [7, 11) is -3.66. The van der Waals surface area contributed by atoms with E-state index in [2.05, 4.69) is 32.4 Å². The van der Waals surface area contributed by atoms with E-state index in [0.29, 0.717) is 48.3 Å². The van der Waals surface area contributed by atoms with Crippen LogP contribution in [0.25, 0.3) is 0 Å². The molecule has 0 saturated heterocycles. The Labute approximate surface area is 249 Å². The van der Waals surface area contributed by atoms with Crippen LogP contribution in [-0.4, -0.2) is 48.8 Å². The quantitative estimate of drug-likeness (QED) is 0.279. The fraction of sp³-hybridized carbons (Fsp3) is 0.970. The summed E-state index contributed by atoms with van der Waals surface area (Å²) in [6, 6.07) is 0. The van der Waals surface area contributed by atoms with Crippen LogP contribution in [0.4, 0.5) is 4.79 Å². The minimum Gasteiger partial charge on any atom is -0.449 e. The summed E-state index contributed by atoms with van der Waals surface area (Å²) in [5, 5.41) is 21.9. The number of sulfonamides is 1. The Balaban J connectivity index is 1.16. The minimum atomic E-state index is -3.66. The van der Waals surface area contributed by atoms with Gasteiger partial charge in [-0.1, -0.05) is 53.4 Å². The molecule has 11 atom stereocenters. The van der Waals surface area contributed by atoms with Gasteiger partial charge in [0.25, 0.3) is 0 Å². The SMILES string of the molecule is CC[C@H]1[C@@H](O)[C@@H]2[C@H](CC[C@]3(C)[C@@H]([C@H](C)CCCOC(=O)NS(=O)(=O)C4CCCCC4)CC[C@@H]23)[C@@]2(C)CC[C@@H](O)C[C@@H]12. The molecule has 8 heteroatoms. The molecule has 0 aromatic rings. The highest BCUT2D eigenvalue weighted by molar-refractivity contribution is 7.90. The summed E-state index contributed by atoms with van der Waals surface area (Å²) in [6.45, 7) is 9.78. The summed E-state index contributed by atoms with van der Waals surface area (Å²) in [4.78, 5) is 12.3. The molecule has 0 aromatic heterocycles. The van der Waals surface area contributed by atoms with Crippen molar-refractivity contribution in [1.29, 1.82) is 0 Å². The number of hydrogen-bond donors (Lipinski definition) is 3. The third-order valence-electron chi connectivity index (χ3n) is 13.4. The fourth-order valence-corrected chi connectivity index (χ4v) is 12.7. The molecule has 0 heterocycles. The van der Waals surface area contributed by atoms with Gasteiger partial charge in [-0.05, 0) is 123 Å². The van der Waals surface area contributed by atoms with Crippen LogP contribution >= 0.6 is 0 Å². The second-order valence-corrected chi connectivity index (χ2v) is 17.2. The number of aliphatic hydroxyl groups is 2. The summed E-state index contributed by atoms with van der Waals surface area (Å²) in [5.74, 6) is 3.19. The second-order valence-electron chi connectivity index (χ2n) is 15.3. The number of hydrogen-bond acceptors (Lipinski definition) is 6. The summed E-state index contributed by atoms with van der Waals surface area (Å²) in [5.41, 5.74) is 0.431. The molecule has 7 nitrogen and oxygen atoms in total. The van der Waals surface area contributed by atoms with Crippen LogP contribution in [0.2, 0.25) is 0 Å². The van der Waals surface area contributed by atoms with Crippen molar-refractivity contribution in [2.45, 2.75) is 141 Å². The highest BCUT2D eigenvalue weighted by atomic mass is 32.2. The Morgan fingerprint density at radius 1 is 0.951 bits per heavy atom. The van der Waals surface area contributed by atoms with Crippen molar-refractivity contribution < 1.29 is 28.2 Å². The highest BCUT2D eigenvalue weighted by Crippen LogP contribution is 2.69. The first kappa shape index (κ1) is 31.6. The maximum atomic E-state index is 12.5. The molecule has 3 N–H and O–H groups in total. The molecule has 41 heavy (non-hydrogen) atoms. The molecule has 0 aliphatic heterocycles. The Morgan fingerprint density at radius 2 is 1.63 bits per heavy atom. The molecule has 0 radical (unpaired) electrons. The molecule has 0 spiro atoms. The largest absolute Gasteiger partial charge is 0.449 e. The first-order chi connectivity index (χ1) is 19.4. The van der Waals surface area contributed by atoms with E-state index in [4.69, 9.17) is 4.74 Å². The standard InChI is InChI=1S/C33H57NO6S/c1-5-24-28-20-22(35)15-17-33(28,4)27-16-18-32(3)25(13-14-26(32)29(27)30(24)36)21(2)10-9-19-40-31(37)34-41(38,39)23-11-7-6-8-12-23/h21-30,35-36H,5-20H2,1-4H3,(H,34,37)/t21-,22-,24-,25-,26+,27+,28+,29+,30-,32-,33-/m1/s1. The molecule has 5 rings (SSSR count). The maximum absolute atomic E-state index is 12.5. The van der Waals surface area contributed by atoms with Crippen molar-refractivity contribution in [2.24, 2.45) is 52.3 Å². The first-order valence-electron chi connectivity index (χ1n) is 17.0. The van der Waals surface area contributed by atoms with Gasteiger partial charge in [-0.3, -0.25) is 0 Å². The van der Waals surface area contributed by atoms with Gasteiger partial charge in [0.1, 0.15) is 0 Å². The van der Waals surface area contributed by atoms with Crippen LogP contribution in [0, 0.1) is 52.3 Å². The van der Waals surface area contributed by atoms with Crippen LogP contribution in [0.3, 0.4) is 0 Å². The lowest BCUT2D eigenvalue weighted by atomic mass is 9.41. The van der Waals surface area contributed by atoms with Gasteiger partial charge in [0, 0.05) is 0 Å². The van der Waals surface area contributed by atoms with Crippen LogP contribution in [0.5, 0.6) is 0 Å². The van der Waals surface area contributed by atoms with Gasteiger partial charge < -0.3 is 14.9 Å². The zero-order valence-electron chi connectivity index (χ0n) is 26.0. The second kappa shape index (κ2) is 12.3. The number of fused-ring (bicyclic) bond motifs is 5. The lowest BCUT2D eigenvalue weighted by Gasteiger charge is -2.64. The number of carbonyl (C=O) groups excluding carboxylic acids is 1. The van der Waals surface area contributed by atoms with Crippen molar-refractivity contribution in [1.82, 2.24) is 4.72 Å². The van der Waals surface area contributed by atoms with Gasteiger partial charge >= 0.3 is 6.09 Å². The Bertz CT molecular complexity index is 1030. The van der Waals surface area contributed by atoms with Gasteiger partial charge in [0.05, 0.1) is 24.1 Å². The molecule has 5 saturated carbocycles. The van der Waals surface area contributed by atoms with Gasteiger partial charge in [0.2, 0.25) is 10.0 Å². The number of nitrogens with one attached hydrogen (secondary N) is 1. The first-order valence-corrected chi connectivity index (χ1v) is 18.5. The summed E-state index contributed by atoms with van der Waals surface area (Å²) >= 11 is 0. The average molecular weight is 596 g/mol. The summed E-state index contributed by atoms with van der Waals surface area (Å²) < 4.78 is 32.5. The molecule has 1 amide bonds. The van der Waals surface area contributed by atoms with E-state index in [-0.39, 0.29) is 35.6 Å². The average Bonchev–Trinajstić information content (AvgIpc) is 3.29. The highest BCUT2D eigenvalue weighted by Gasteiger charge is 2.64. The van der Waals surface area contributed by atoms with E-state index < -0.39 is 21.4 Å². The molecular formula is C33H57NO6S. The lowest BCUT2D eigenvalue weighted by molar-refractivity contribution is -0.203. The Morgan fingerprint density at radius 3 is 2.34 bits per heavy atom. The monoisotopic (exact) mass is 595 g/mol. The van der Waals surface area contributed by atoms with Crippen LogP contribution < -0.4 is 4.72 Å². The van der Waals surface area contributed by atoms with E-state index in [9.17, 15) is 23.4 Å². The number of carbonyl (C=O) groups is 1. The minimum absolute atomic E-state index is 0.212. The van der Waals surface area contributed by atoms with Gasteiger partial charge in [-0.15, -0.1) is 0 Å². The molecule has 0 aromatic carbocycles. The zero-order chi connectivity index (χ0) is 29.6. The van der Waals surface area contributed by atoms with E-state index in [1.165, 1.54) is 25.7 Å². The van der Waals surface area contributed by atoms with E-state index in [0.717, 1.165) is 57.8 Å². The predicted octanol–water partition coefficient (Wildman–Crippen LogP) is 6.42. The molecule has 5 aliphatic carbocycles. The number of ether oxygens (including phenoxy) is 1. The maximum Gasteiger partial charge on any atom is 0.420 e. The third-order valence-corrected chi connectivity index (χ3v) is 15.2. The third kappa shape index (κ3) is 5.84. The van der Waals surface area contributed by atoms with Gasteiger partial charge in [-0.25, -0.2) is 17.9 Å². The zero-order valence-corrected chi connectivity index (χ0v) is 26.8. The van der Waals surface area contributed by atoms with Crippen molar-refractivity contribution in [3.8, 4) is 0 Å². The molecule has 0 bridgehead atoms. The topological polar surface area (TPSA) is 113 Å². The lowest BCUT2D eigenvalue weighted by Crippen LogP contribution is -2.62. The predicted molar refractivity (Wildman–Crippen MR) is 160 cm³/mol. The summed E-state index contributed by atoms with van der Waals surface area (Å²) in [6.07, 6.45) is 13.0. The number of amides is 1. The van der Waals surface area contributed by atoms with Crippen molar-refractivity contribution in [3.05, 3.63) is 0 Å². The van der Waals surface area contributed by atoms with E-state index >= 15 is 0 Å². The van der Waals surface area contributed by atoms with Crippen LogP contribution in [0.1, 0.15) is 124 Å². The molecule has 5 aliphatic rings. The Hall–Kier alpha value is -0.860. The van der Waals surface area contributed by atoms with Crippen molar-refractivity contribution >= 4 is 16.1 Å². The van der Waals surface area contributed by atoms with Crippen molar-refractivity contribution in [2.75, 3.05) is 6.61 Å². The van der Waals surface area contributed by atoms with Gasteiger partial charge in [0.15, 0.2) is 0 Å².